The van der Waals surface area contributed by atoms with Gasteiger partial charge in [0.1, 0.15) is 17.0 Å². The van der Waals surface area contributed by atoms with Crippen LogP contribution in [0.3, 0.4) is 0 Å². The van der Waals surface area contributed by atoms with Gasteiger partial charge in [0, 0.05) is 31.0 Å². The molecule has 1 atom stereocenters. The van der Waals surface area contributed by atoms with Gasteiger partial charge in [-0.05, 0) is 81.3 Å². The number of carbonyl (C=O) groups excluding carboxylic acids is 2. The molecule has 1 N–H and O–H groups in total. The molecule has 1 unspecified atom stereocenters. The molecule has 0 bridgehead atoms. The van der Waals surface area contributed by atoms with E-state index in [9.17, 15) is 9.59 Å². The topological polar surface area (TPSA) is 70.7 Å². The minimum atomic E-state index is -1.18. The largest absolute Gasteiger partial charge is 0.463 e. The van der Waals surface area contributed by atoms with Crippen molar-refractivity contribution < 1.29 is 14.0 Å². The van der Waals surface area contributed by atoms with Crippen molar-refractivity contribution in [2.75, 3.05) is 22.9 Å². The van der Waals surface area contributed by atoms with Crippen molar-refractivity contribution in [1.82, 2.24) is 9.88 Å². The first kappa shape index (κ1) is 25.4. The van der Waals surface area contributed by atoms with Crippen LogP contribution in [0, 0.1) is 6.92 Å². The van der Waals surface area contributed by atoms with E-state index in [2.05, 4.69) is 30.1 Å². The summed E-state index contributed by atoms with van der Waals surface area (Å²) in [5.74, 6) is 0.223. The van der Waals surface area contributed by atoms with Crippen molar-refractivity contribution in [3.8, 4) is 11.5 Å². The highest BCUT2D eigenvalue weighted by atomic mass is 16.3. The summed E-state index contributed by atoms with van der Waals surface area (Å²) in [5.41, 5.74) is 3.88. The molecule has 0 fully saturated rings. The molecule has 2 aromatic heterocycles. The van der Waals surface area contributed by atoms with Gasteiger partial charge in [-0.25, -0.2) is 0 Å². The van der Waals surface area contributed by atoms with Crippen molar-refractivity contribution >= 4 is 23.2 Å². The van der Waals surface area contributed by atoms with E-state index in [0.717, 1.165) is 41.3 Å². The molecule has 7 heteroatoms. The lowest BCUT2D eigenvalue weighted by Gasteiger charge is -2.44. The minimum absolute atomic E-state index is 0.216. The zero-order valence-corrected chi connectivity index (χ0v) is 22.4. The Balaban J connectivity index is 1.58. The van der Waals surface area contributed by atoms with Crippen molar-refractivity contribution in [3.05, 3.63) is 95.9 Å². The Morgan fingerprint density at radius 2 is 1.74 bits per heavy atom. The lowest BCUT2D eigenvalue weighted by atomic mass is 9.92. The molecule has 0 radical (unpaired) electrons. The molecule has 5 rings (SSSR count). The number of nitrogens with zero attached hydrogens (tertiary/aromatic N) is 3. The van der Waals surface area contributed by atoms with Gasteiger partial charge in [0.05, 0.1) is 18.5 Å². The Kier molecular flexibility index (Phi) is 6.85. The van der Waals surface area contributed by atoms with E-state index in [1.165, 1.54) is 0 Å². The van der Waals surface area contributed by atoms with Crippen LogP contribution < -0.4 is 15.1 Å². The van der Waals surface area contributed by atoms with Crippen LogP contribution in [-0.4, -0.2) is 35.0 Å². The molecule has 7 nitrogen and oxygen atoms in total. The predicted molar refractivity (Wildman–Crippen MR) is 150 cm³/mol. The molecule has 0 spiro atoms. The van der Waals surface area contributed by atoms with Gasteiger partial charge in [-0.2, -0.15) is 0 Å². The van der Waals surface area contributed by atoms with Crippen LogP contribution in [0.5, 0.6) is 0 Å². The van der Waals surface area contributed by atoms with Crippen LogP contribution in [0.25, 0.3) is 11.5 Å². The number of nitrogens with one attached hydrogen (secondary N) is 1. The number of furan rings is 1. The summed E-state index contributed by atoms with van der Waals surface area (Å²) in [4.78, 5) is 32.1. The fourth-order valence-electron chi connectivity index (χ4n) is 5.37. The number of aromatic nitrogens is 1. The number of aryl methyl sites for hydroxylation is 1. The second-order valence-corrected chi connectivity index (χ2v) is 9.89. The van der Waals surface area contributed by atoms with E-state index in [-0.39, 0.29) is 18.4 Å². The summed E-state index contributed by atoms with van der Waals surface area (Å²) in [6, 6.07) is 23.3. The first-order valence-electron chi connectivity index (χ1n) is 13.1. The second-order valence-electron chi connectivity index (χ2n) is 9.89. The molecular formula is C31H34N4O3. The highest BCUT2D eigenvalue weighted by Crippen LogP contribution is 2.38. The molecule has 0 saturated carbocycles. The summed E-state index contributed by atoms with van der Waals surface area (Å²) >= 11 is 0. The number of fused-ring (bicyclic) bond motifs is 1. The fourth-order valence-corrected chi connectivity index (χ4v) is 5.37. The Labute approximate surface area is 223 Å². The summed E-state index contributed by atoms with van der Waals surface area (Å²) in [6.45, 7) is 10.5. The minimum Gasteiger partial charge on any atom is -0.463 e. The second kappa shape index (κ2) is 10.2. The fraction of sp³-hybridized carbons (Fsp3) is 0.290. The standard InChI is InChI=1S/C31H34N4O3/c1-5-33(6-2)24-14-15-25(22(3)19-24)35-29(36)27-17-16-26(28-13-10-18-38-28)34(27)21-31(35,4)30(37)32-20-23-11-8-7-9-12-23/h7-19H,5-6,20-21H2,1-4H3,(H,32,37). The number of hydrogen-bond donors (Lipinski definition) is 1. The highest BCUT2D eigenvalue weighted by Gasteiger charge is 2.49. The van der Waals surface area contributed by atoms with Crippen molar-refractivity contribution in [3.63, 3.8) is 0 Å². The van der Waals surface area contributed by atoms with E-state index in [1.807, 2.05) is 85.1 Å². The maximum atomic E-state index is 14.2. The van der Waals surface area contributed by atoms with Gasteiger partial charge >= 0.3 is 0 Å². The SMILES string of the molecule is CCN(CC)c1ccc(N2C(=O)c3ccc(-c4ccco4)n3CC2(C)C(=O)NCc2ccccc2)c(C)c1. The van der Waals surface area contributed by atoms with Crippen LogP contribution in [-0.2, 0) is 17.9 Å². The van der Waals surface area contributed by atoms with Gasteiger partial charge in [0.25, 0.3) is 5.91 Å². The molecule has 196 valence electrons. The molecule has 0 aliphatic carbocycles. The quantitative estimate of drug-likeness (QED) is 0.333. The van der Waals surface area contributed by atoms with Gasteiger partial charge < -0.3 is 19.2 Å². The van der Waals surface area contributed by atoms with Crippen molar-refractivity contribution in [2.24, 2.45) is 0 Å². The number of anilines is 2. The third kappa shape index (κ3) is 4.38. The number of rotatable bonds is 8. The monoisotopic (exact) mass is 510 g/mol. The molecule has 38 heavy (non-hydrogen) atoms. The third-order valence-corrected chi connectivity index (χ3v) is 7.47. The van der Waals surface area contributed by atoms with Crippen LogP contribution in [0.1, 0.15) is 42.4 Å². The average molecular weight is 511 g/mol. The molecule has 2 amide bonds. The lowest BCUT2D eigenvalue weighted by molar-refractivity contribution is -0.126. The molecule has 4 aromatic rings. The number of benzene rings is 2. The van der Waals surface area contributed by atoms with E-state index in [4.69, 9.17) is 4.42 Å². The Morgan fingerprint density at radius 1 is 1.00 bits per heavy atom. The Hall–Kier alpha value is -4.26. The summed E-state index contributed by atoms with van der Waals surface area (Å²) in [7, 11) is 0. The molecule has 1 aliphatic heterocycles. The van der Waals surface area contributed by atoms with E-state index in [0.29, 0.717) is 18.0 Å². The van der Waals surface area contributed by atoms with E-state index < -0.39 is 5.54 Å². The average Bonchev–Trinajstić information content (AvgIpc) is 3.60. The molecule has 2 aromatic carbocycles. The van der Waals surface area contributed by atoms with E-state index in [1.54, 1.807) is 11.2 Å². The van der Waals surface area contributed by atoms with Gasteiger partial charge in [-0.1, -0.05) is 30.3 Å². The van der Waals surface area contributed by atoms with Gasteiger partial charge in [0.2, 0.25) is 5.91 Å². The third-order valence-electron chi connectivity index (χ3n) is 7.47. The first-order chi connectivity index (χ1) is 18.4. The Morgan fingerprint density at radius 3 is 2.39 bits per heavy atom. The molecular weight excluding hydrogens is 476 g/mol. The number of amides is 2. The number of carbonyl (C=O) groups is 2. The Bertz CT molecular complexity index is 1440. The van der Waals surface area contributed by atoms with Crippen LogP contribution >= 0.6 is 0 Å². The smallest absolute Gasteiger partial charge is 0.275 e. The van der Waals surface area contributed by atoms with Crippen LogP contribution in [0.2, 0.25) is 0 Å². The molecule has 3 heterocycles. The molecule has 0 saturated heterocycles. The van der Waals surface area contributed by atoms with Gasteiger partial charge in [-0.3, -0.25) is 14.5 Å². The highest BCUT2D eigenvalue weighted by molar-refractivity contribution is 6.12. The van der Waals surface area contributed by atoms with Crippen LogP contribution in [0.15, 0.2) is 83.5 Å². The van der Waals surface area contributed by atoms with Crippen LogP contribution in [0.4, 0.5) is 11.4 Å². The van der Waals surface area contributed by atoms with Gasteiger partial charge in [0.15, 0.2) is 0 Å². The van der Waals surface area contributed by atoms with Crippen molar-refractivity contribution in [2.45, 2.75) is 46.3 Å². The first-order valence-corrected chi connectivity index (χ1v) is 13.1. The summed E-state index contributed by atoms with van der Waals surface area (Å²) in [5, 5.41) is 3.10. The maximum absolute atomic E-state index is 14.2. The zero-order valence-electron chi connectivity index (χ0n) is 22.4. The number of hydrogen-bond acceptors (Lipinski definition) is 4. The maximum Gasteiger partial charge on any atom is 0.275 e. The summed E-state index contributed by atoms with van der Waals surface area (Å²) < 4.78 is 7.55. The zero-order chi connectivity index (χ0) is 26.9. The normalized spacial score (nSPS) is 16.8. The molecule has 1 aliphatic rings. The van der Waals surface area contributed by atoms with E-state index >= 15 is 0 Å². The summed E-state index contributed by atoms with van der Waals surface area (Å²) in [6.07, 6.45) is 1.61. The van der Waals surface area contributed by atoms with Crippen molar-refractivity contribution in [1.29, 1.82) is 0 Å². The van der Waals surface area contributed by atoms with Gasteiger partial charge in [-0.15, -0.1) is 0 Å². The predicted octanol–water partition coefficient (Wildman–Crippen LogP) is 5.64. The lowest BCUT2D eigenvalue weighted by Crippen LogP contribution is -2.64.